The number of rotatable bonds is 6. The van der Waals surface area contributed by atoms with E-state index in [4.69, 9.17) is 9.72 Å². The number of anilines is 4. The number of fused-ring (bicyclic) bond motifs is 17. The third-order valence-electron chi connectivity index (χ3n) is 17.1. The Bertz CT molecular complexity index is 4930. The fourth-order valence-corrected chi connectivity index (χ4v) is 13.5. The third-order valence-corrected chi connectivity index (χ3v) is 17.1. The molecular formula is C76H50N5OPt-3. The molecule has 3 aromatic heterocycles. The second-order valence-corrected chi connectivity index (χ2v) is 22.7. The molecule has 83 heavy (non-hydrogen) atoms. The van der Waals surface area contributed by atoms with Crippen LogP contribution < -0.4 is 14.5 Å². The number of ether oxygens (including phenoxy) is 1. The predicted octanol–water partition coefficient (Wildman–Crippen LogP) is 20.0. The molecule has 3 aliphatic heterocycles. The first-order valence-electron chi connectivity index (χ1n) is 28.1. The first-order chi connectivity index (χ1) is 40.3. The van der Waals surface area contributed by atoms with Crippen LogP contribution in [0, 0.1) is 18.8 Å². The van der Waals surface area contributed by atoms with E-state index in [9.17, 15) is 0 Å². The molecule has 11 aromatic carbocycles. The Balaban J connectivity index is 0.00000565. The topological polar surface area (TPSA) is 38.5 Å². The van der Waals surface area contributed by atoms with Crippen LogP contribution in [0.25, 0.3) is 122 Å². The Hall–Kier alpha value is -9.74. The second-order valence-electron chi connectivity index (χ2n) is 22.7. The van der Waals surface area contributed by atoms with Gasteiger partial charge in [0.2, 0.25) is 0 Å². The summed E-state index contributed by atoms with van der Waals surface area (Å²) in [6.45, 7) is 9.02. The fourth-order valence-electron chi connectivity index (χ4n) is 13.5. The zero-order valence-corrected chi connectivity index (χ0v) is 47.9. The van der Waals surface area contributed by atoms with E-state index in [-0.39, 0.29) is 26.5 Å². The molecule has 0 saturated heterocycles. The summed E-state index contributed by atoms with van der Waals surface area (Å²) >= 11 is 0. The quantitative estimate of drug-likeness (QED) is 0.156. The minimum absolute atomic E-state index is 0. The van der Waals surface area contributed by atoms with Crippen LogP contribution in [-0.4, -0.2) is 14.1 Å². The van der Waals surface area contributed by atoms with E-state index in [1.807, 2.05) is 6.20 Å². The monoisotopic (exact) mass is 1240 g/mol. The van der Waals surface area contributed by atoms with Crippen molar-refractivity contribution in [3.8, 4) is 89.8 Å². The van der Waals surface area contributed by atoms with Crippen molar-refractivity contribution in [3.05, 3.63) is 267 Å². The van der Waals surface area contributed by atoms with Crippen LogP contribution in [0.2, 0.25) is 0 Å². The van der Waals surface area contributed by atoms with Gasteiger partial charge in [0.1, 0.15) is 5.82 Å². The van der Waals surface area contributed by atoms with Gasteiger partial charge >= 0.3 is 0 Å². The van der Waals surface area contributed by atoms with Gasteiger partial charge in [-0.25, -0.2) is 4.98 Å². The summed E-state index contributed by atoms with van der Waals surface area (Å²) in [4.78, 5) is 9.85. The van der Waals surface area contributed by atoms with Crippen LogP contribution in [0.1, 0.15) is 26.3 Å². The summed E-state index contributed by atoms with van der Waals surface area (Å²) in [5.74, 6) is 1.97. The average molecular weight is 1240 g/mol. The molecule has 14 aromatic rings. The molecule has 7 heteroatoms. The summed E-state index contributed by atoms with van der Waals surface area (Å²) in [7, 11) is 0. The number of hydrogen-bond acceptors (Lipinski definition) is 4. The van der Waals surface area contributed by atoms with Crippen LogP contribution in [-0.2, 0) is 26.5 Å². The SMILES string of the molecule is CC(C)(C)c1ccnc(-n2c3[c-]c(Oc4[c-]c5c(cc4)-c4ccccc4-c4cccc6c4N5[CH-]N6c4c(-c5ccccc5)cccc4-c4ccccc4)ccc3c3c4c(ccc32)-n2c3ccccc3c3cccc(c32)-c2ccccc2-4)c1.[Pt]. The molecular weight excluding hydrogens is 1190 g/mol. The average Bonchev–Trinajstić information content (AvgIpc) is 2.89. The molecule has 0 unspecified atom stereocenters. The van der Waals surface area contributed by atoms with Crippen LogP contribution in [0.4, 0.5) is 22.7 Å². The molecule has 0 spiro atoms. The van der Waals surface area contributed by atoms with Crippen LogP contribution >= 0.6 is 0 Å². The Labute approximate surface area is 496 Å². The van der Waals surface area contributed by atoms with Crippen LogP contribution in [0.15, 0.2) is 243 Å². The largest absolute Gasteiger partial charge is 0.509 e. The van der Waals surface area contributed by atoms with Crippen molar-refractivity contribution in [2.45, 2.75) is 26.2 Å². The molecule has 0 aliphatic carbocycles. The normalized spacial score (nSPS) is 12.8. The van der Waals surface area contributed by atoms with Gasteiger partial charge < -0.3 is 23.7 Å². The molecule has 0 atom stereocenters. The van der Waals surface area contributed by atoms with Crippen molar-refractivity contribution in [2.24, 2.45) is 0 Å². The Morgan fingerprint density at radius 1 is 0.434 bits per heavy atom. The first-order valence-corrected chi connectivity index (χ1v) is 28.1. The zero-order valence-electron chi connectivity index (χ0n) is 45.6. The van der Waals surface area contributed by atoms with E-state index < -0.39 is 0 Å². The van der Waals surface area contributed by atoms with Gasteiger partial charge in [-0.05, 0) is 80.6 Å². The smallest absolute Gasteiger partial charge is 0.135 e. The summed E-state index contributed by atoms with van der Waals surface area (Å²) in [6.07, 6.45) is 1.94. The van der Waals surface area contributed by atoms with E-state index in [2.05, 4.69) is 295 Å². The van der Waals surface area contributed by atoms with E-state index in [1.54, 1.807) is 0 Å². The Kier molecular flexibility index (Phi) is 11.0. The maximum absolute atomic E-state index is 7.11. The van der Waals surface area contributed by atoms with Gasteiger partial charge in [-0.3, -0.25) is 0 Å². The third kappa shape index (κ3) is 7.35. The van der Waals surface area contributed by atoms with E-state index >= 15 is 0 Å². The van der Waals surface area contributed by atoms with Gasteiger partial charge in [-0.1, -0.05) is 213 Å². The number of nitrogens with zero attached hydrogens (tertiary/aromatic N) is 5. The summed E-state index contributed by atoms with van der Waals surface area (Å²) in [5.41, 5.74) is 24.5. The minimum Gasteiger partial charge on any atom is -0.509 e. The standard InChI is InChI=1S/C76H50N5O.Pt/c1-76(2,3)49-41-42-77-70(43-49)80-65-39-40-66-71(59-27-13-12-25-56(59)60-30-17-31-62-57-26-14-15-33-64(57)81(66)74(60)62)72(65)63-38-36-51(45-69(63)80)82-50-35-37-58-54-23-10-11-24-55(54)61-32-18-34-67-75(61)79(68(58)44-50)46-78(67)73-52(47-19-6-4-7-20-47)28-16-29-53(73)48-21-8-5-9-22-48;/h4-43,46H,1-3H3;/q-3;. The van der Waals surface area contributed by atoms with Gasteiger partial charge in [0.25, 0.3) is 0 Å². The molecule has 0 bridgehead atoms. The minimum atomic E-state index is -0.112. The molecule has 0 fully saturated rings. The van der Waals surface area contributed by atoms with Gasteiger partial charge in [0, 0.05) is 99.9 Å². The fraction of sp³-hybridized carbons (Fsp3) is 0.0526. The molecule has 3 aliphatic rings. The van der Waals surface area contributed by atoms with Crippen LogP contribution in [0.3, 0.4) is 0 Å². The second kappa shape index (κ2) is 18.7. The van der Waals surface area contributed by atoms with Crippen molar-refractivity contribution in [2.75, 3.05) is 9.80 Å². The molecule has 398 valence electrons. The number of hydrogen-bond donors (Lipinski definition) is 0. The first kappa shape index (κ1) is 49.1. The molecule has 17 rings (SSSR count). The van der Waals surface area contributed by atoms with Crippen molar-refractivity contribution in [3.63, 3.8) is 0 Å². The van der Waals surface area contributed by atoms with Crippen molar-refractivity contribution >= 4 is 66.4 Å². The van der Waals surface area contributed by atoms with E-state index in [0.717, 1.165) is 101 Å². The number of pyridine rings is 1. The molecule has 0 amide bonds. The number of benzene rings is 11. The summed E-state index contributed by atoms with van der Waals surface area (Å²) in [6, 6.07) is 93.2. The van der Waals surface area contributed by atoms with E-state index in [1.165, 1.54) is 49.6 Å². The Morgan fingerprint density at radius 2 is 1.04 bits per heavy atom. The molecule has 6 heterocycles. The molecule has 0 radical (unpaired) electrons. The maximum Gasteiger partial charge on any atom is 0.135 e. The van der Waals surface area contributed by atoms with Crippen molar-refractivity contribution in [1.82, 2.24) is 14.1 Å². The Morgan fingerprint density at radius 3 is 1.80 bits per heavy atom. The summed E-state index contributed by atoms with van der Waals surface area (Å²) in [5, 5.41) is 4.66. The summed E-state index contributed by atoms with van der Waals surface area (Å²) < 4.78 is 11.9. The molecule has 0 N–H and O–H groups in total. The van der Waals surface area contributed by atoms with Gasteiger partial charge in [-0.15, -0.1) is 41.9 Å². The number of aromatic nitrogens is 3. The molecule has 6 nitrogen and oxygen atoms in total. The zero-order chi connectivity index (χ0) is 54.4. The van der Waals surface area contributed by atoms with Gasteiger partial charge in [0.15, 0.2) is 0 Å². The maximum atomic E-state index is 7.11. The number of para-hydroxylation sites is 4. The van der Waals surface area contributed by atoms with Crippen LogP contribution in [0.5, 0.6) is 11.5 Å². The van der Waals surface area contributed by atoms with Crippen molar-refractivity contribution < 1.29 is 25.8 Å². The van der Waals surface area contributed by atoms with E-state index in [0.29, 0.717) is 11.5 Å². The molecule has 0 saturated carbocycles. The predicted molar refractivity (Wildman–Crippen MR) is 337 cm³/mol. The van der Waals surface area contributed by atoms with Gasteiger partial charge in [0.05, 0.1) is 16.7 Å². The van der Waals surface area contributed by atoms with Gasteiger partial charge in [-0.2, -0.15) is 12.1 Å². The van der Waals surface area contributed by atoms with Crippen molar-refractivity contribution in [1.29, 1.82) is 0 Å².